The molecule has 1 aliphatic carbocycles. The summed E-state index contributed by atoms with van der Waals surface area (Å²) < 4.78 is 33.5. The number of hydrogen-bond donors (Lipinski definition) is 2. The Morgan fingerprint density at radius 2 is 1.75 bits per heavy atom. The minimum Gasteiger partial charge on any atom is -0.364 e. The van der Waals surface area contributed by atoms with Crippen LogP contribution < -0.4 is 14.9 Å². The number of rotatable bonds is 9. The first-order valence-corrected chi connectivity index (χ1v) is 14.4. The van der Waals surface area contributed by atoms with Gasteiger partial charge in [0.1, 0.15) is 22.0 Å². The number of sulfonamides is 1. The molecule has 3 heterocycles. The van der Waals surface area contributed by atoms with E-state index in [4.69, 9.17) is 9.51 Å². The fourth-order valence-electron chi connectivity index (χ4n) is 4.60. The number of fused-ring (bicyclic) bond motifs is 1. The van der Waals surface area contributed by atoms with Crippen LogP contribution >= 0.6 is 11.3 Å². The van der Waals surface area contributed by atoms with Gasteiger partial charge in [-0.25, -0.2) is 18.1 Å². The predicted octanol–water partition coefficient (Wildman–Crippen LogP) is 4.61. The molecule has 0 saturated heterocycles. The van der Waals surface area contributed by atoms with E-state index in [1.165, 1.54) is 17.6 Å². The summed E-state index contributed by atoms with van der Waals surface area (Å²) in [7, 11) is 0.435. The minimum absolute atomic E-state index is 0.297. The van der Waals surface area contributed by atoms with E-state index in [0.717, 1.165) is 53.8 Å². The van der Waals surface area contributed by atoms with Gasteiger partial charge in [-0.3, -0.25) is 0 Å². The summed E-state index contributed by atoms with van der Waals surface area (Å²) in [5.41, 5.74) is 1.56. The lowest BCUT2D eigenvalue weighted by Crippen LogP contribution is -2.32. The van der Waals surface area contributed by atoms with Crippen molar-refractivity contribution in [3.8, 4) is 10.6 Å². The Bertz CT molecular complexity index is 1410. The molecule has 0 bridgehead atoms. The lowest BCUT2D eigenvalue weighted by molar-refractivity contribution is 0.284. The third-order valence-corrected chi connectivity index (χ3v) is 9.64. The SMILES string of the molecule is CN(C)c1nc(NC[C@H]2CC[C@H](CNS(=O)(=O)c3ccc(-c4ccon4)s3)CC2)nc2ccccc12. The van der Waals surface area contributed by atoms with E-state index in [1.54, 1.807) is 18.2 Å². The molecule has 5 rings (SSSR count). The minimum atomic E-state index is -3.54. The van der Waals surface area contributed by atoms with E-state index in [9.17, 15) is 8.42 Å². The van der Waals surface area contributed by atoms with Crippen molar-refractivity contribution in [3.63, 3.8) is 0 Å². The summed E-state index contributed by atoms with van der Waals surface area (Å²) >= 11 is 1.20. The molecule has 2 N–H and O–H groups in total. The van der Waals surface area contributed by atoms with Gasteiger partial charge in [-0.15, -0.1) is 11.3 Å². The summed E-state index contributed by atoms with van der Waals surface area (Å²) in [4.78, 5) is 12.2. The highest BCUT2D eigenvalue weighted by Crippen LogP contribution is 2.32. The molecule has 0 spiro atoms. The van der Waals surface area contributed by atoms with E-state index in [2.05, 4.69) is 20.2 Å². The molecule has 4 aromatic rings. The summed E-state index contributed by atoms with van der Waals surface area (Å²) in [5.74, 6) is 2.40. The van der Waals surface area contributed by atoms with Crippen LogP contribution in [0.5, 0.6) is 0 Å². The number of anilines is 2. The van der Waals surface area contributed by atoms with Crippen molar-refractivity contribution < 1.29 is 12.9 Å². The zero-order chi connectivity index (χ0) is 25.1. The van der Waals surface area contributed by atoms with Crippen molar-refractivity contribution in [1.82, 2.24) is 19.8 Å². The van der Waals surface area contributed by atoms with Crippen LogP contribution in [0.25, 0.3) is 21.5 Å². The molecule has 190 valence electrons. The molecule has 1 fully saturated rings. The van der Waals surface area contributed by atoms with Gasteiger partial charge in [-0.1, -0.05) is 17.3 Å². The number of aromatic nitrogens is 3. The van der Waals surface area contributed by atoms with Gasteiger partial charge in [-0.05, 0) is 61.8 Å². The van der Waals surface area contributed by atoms with Gasteiger partial charge in [0.15, 0.2) is 0 Å². The van der Waals surface area contributed by atoms with Gasteiger partial charge >= 0.3 is 0 Å². The molecule has 0 aliphatic heterocycles. The average molecular weight is 527 g/mol. The Morgan fingerprint density at radius 3 is 2.47 bits per heavy atom. The van der Waals surface area contributed by atoms with Crippen LogP contribution in [0, 0.1) is 11.8 Å². The highest BCUT2D eigenvalue weighted by Gasteiger charge is 2.24. The second kappa shape index (κ2) is 10.5. The van der Waals surface area contributed by atoms with Crippen LogP contribution in [0.4, 0.5) is 11.8 Å². The average Bonchev–Trinajstić information content (AvgIpc) is 3.59. The molecule has 9 nitrogen and oxygen atoms in total. The Labute approximate surface area is 215 Å². The van der Waals surface area contributed by atoms with Gasteiger partial charge in [-0.2, -0.15) is 4.98 Å². The maximum Gasteiger partial charge on any atom is 0.250 e. The third-order valence-electron chi connectivity index (χ3n) is 6.62. The van der Waals surface area contributed by atoms with Crippen molar-refractivity contribution in [2.24, 2.45) is 11.8 Å². The van der Waals surface area contributed by atoms with Crippen molar-refractivity contribution >= 4 is 44.0 Å². The molecule has 0 atom stereocenters. The largest absolute Gasteiger partial charge is 0.364 e. The van der Waals surface area contributed by atoms with Gasteiger partial charge in [0.2, 0.25) is 16.0 Å². The number of nitrogens with one attached hydrogen (secondary N) is 2. The quantitative estimate of drug-likeness (QED) is 0.325. The van der Waals surface area contributed by atoms with Crippen LogP contribution in [-0.4, -0.2) is 50.7 Å². The second-order valence-electron chi connectivity index (χ2n) is 9.41. The highest BCUT2D eigenvalue weighted by atomic mass is 32.2. The van der Waals surface area contributed by atoms with E-state index < -0.39 is 10.0 Å². The summed E-state index contributed by atoms with van der Waals surface area (Å²) in [6, 6.07) is 13.1. The van der Waals surface area contributed by atoms with Gasteiger partial charge in [0.05, 0.1) is 10.4 Å². The first-order valence-electron chi connectivity index (χ1n) is 12.1. The number of thiophene rings is 1. The van der Waals surface area contributed by atoms with E-state index >= 15 is 0 Å². The Morgan fingerprint density at radius 1 is 1.00 bits per heavy atom. The van der Waals surface area contributed by atoms with Crippen LogP contribution in [0.1, 0.15) is 25.7 Å². The van der Waals surface area contributed by atoms with Crippen molar-refractivity contribution in [2.45, 2.75) is 29.9 Å². The molecule has 3 aromatic heterocycles. The third kappa shape index (κ3) is 5.53. The van der Waals surface area contributed by atoms with Crippen molar-refractivity contribution in [2.75, 3.05) is 37.4 Å². The summed E-state index contributed by atoms with van der Waals surface area (Å²) in [6.45, 7) is 1.27. The molecular weight excluding hydrogens is 496 g/mol. The maximum absolute atomic E-state index is 12.8. The number of para-hydroxylation sites is 1. The van der Waals surface area contributed by atoms with Crippen molar-refractivity contribution in [3.05, 3.63) is 48.7 Å². The van der Waals surface area contributed by atoms with E-state index in [-0.39, 0.29) is 0 Å². The van der Waals surface area contributed by atoms with Gasteiger partial charge < -0.3 is 14.7 Å². The van der Waals surface area contributed by atoms with E-state index in [1.807, 2.05) is 43.3 Å². The molecule has 0 unspecified atom stereocenters. The van der Waals surface area contributed by atoms with Gasteiger partial charge in [0, 0.05) is 38.6 Å². The Kier molecular flexibility index (Phi) is 7.22. The fraction of sp³-hybridized carbons (Fsp3) is 0.400. The second-order valence-corrected chi connectivity index (χ2v) is 12.5. The van der Waals surface area contributed by atoms with Crippen LogP contribution in [-0.2, 0) is 10.0 Å². The predicted molar refractivity (Wildman–Crippen MR) is 143 cm³/mol. The summed E-state index contributed by atoms with van der Waals surface area (Å²) in [5, 5.41) is 8.35. The van der Waals surface area contributed by atoms with E-state index in [0.29, 0.717) is 34.2 Å². The monoisotopic (exact) mass is 526 g/mol. The first kappa shape index (κ1) is 24.7. The molecule has 11 heteroatoms. The smallest absolute Gasteiger partial charge is 0.250 e. The van der Waals surface area contributed by atoms with Crippen LogP contribution in [0.3, 0.4) is 0 Å². The molecule has 36 heavy (non-hydrogen) atoms. The topological polar surface area (TPSA) is 113 Å². The van der Waals surface area contributed by atoms with Gasteiger partial charge in [0.25, 0.3) is 0 Å². The van der Waals surface area contributed by atoms with Crippen molar-refractivity contribution in [1.29, 1.82) is 0 Å². The Balaban J connectivity index is 1.12. The normalized spacial score (nSPS) is 18.4. The number of benzene rings is 1. The van der Waals surface area contributed by atoms with Crippen LogP contribution in [0.15, 0.2) is 57.5 Å². The molecule has 0 radical (unpaired) electrons. The zero-order valence-corrected chi connectivity index (χ0v) is 22.0. The molecule has 1 saturated carbocycles. The molecular formula is C25H30N6O3S2. The number of nitrogens with zero attached hydrogens (tertiary/aromatic N) is 4. The highest BCUT2D eigenvalue weighted by molar-refractivity contribution is 7.91. The number of hydrogen-bond acceptors (Lipinski definition) is 9. The first-order chi connectivity index (χ1) is 17.4. The molecule has 1 aliphatic rings. The Hall–Kier alpha value is -3.02. The lowest BCUT2D eigenvalue weighted by atomic mass is 9.82. The van der Waals surface area contributed by atoms with Crippen LogP contribution in [0.2, 0.25) is 0 Å². The molecule has 1 aromatic carbocycles. The zero-order valence-electron chi connectivity index (χ0n) is 20.3. The standard InChI is InChI=1S/C25H30N6O3S2/c1-31(2)24-19-5-3-4-6-20(19)28-25(29-24)26-15-17-7-9-18(10-8-17)16-27-36(32,33)23-12-11-22(35-23)21-13-14-34-30-21/h3-6,11-14,17-18,27H,7-10,15-16H2,1-2H3,(H,26,28,29)/t17-,18-. The molecule has 0 amide bonds. The lowest BCUT2D eigenvalue weighted by Gasteiger charge is -2.28. The summed E-state index contributed by atoms with van der Waals surface area (Å²) in [6.07, 6.45) is 5.55. The maximum atomic E-state index is 12.8. The fourth-order valence-corrected chi connectivity index (χ4v) is 7.02.